The molecule has 0 radical (unpaired) electrons. The molecule has 10 heteroatoms. The van der Waals surface area contributed by atoms with E-state index in [9.17, 15) is 4.79 Å². The SMILES string of the molecule is Cc1nc(-c2cccnc2)sc1-c1ccc(SCC(=O)Nc2nc3ccccc3s2)nn1. The van der Waals surface area contributed by atoms with Gasteiger partial charge in [-0.3, -0.25) is 9.78 Å². The average molecular weight is 477 g/mol. The summed E-state index contributed by atoms with van der Waals surface area (Å²) in [5.74, 6) is 0.105. The number of pyridine rings is 1. The Hall–Kier alpha value is -3.21. The zero-order valence-electron chi connectivity index (χ0n) is 16.8. The second-order valence-corrected chi connectivity index (χ2v) is 9.78. The van der Waals surface area contributed by atoms with Crippen LogP contribution < -0.4 is 5.32 Å². The Labute approximate surface area is 196 Å². The topological polar surface area (TPSA) is 93.6 Å². The fraction of sp³-hybridized carbons (Fsp3) is 0.0909. The van der Waals surface area contributed by atoms with Gasteiger partial charge in [0.25, 0.3) is 0 Å². The standard InChI is InChI=1S/C22H16N6OS3/c1-13-20(32-21(24-13)14-5-4-10-23-11-14)16-8-9-19(28-27-16)30-12-18(29)26-22-25-15-6-2-3-7-17(15)31-22/h2-11H,12H2,1H3,(H,25,26,29). The predicted octanol–water partition coefficient (Wildman–Crippen LogP) is 5.31. The predicted molar refractivity (Wildman–Crippen MR) is 130 cm³/mol. The van der Waals surface area contributed by atoms with Gasteiger partial charge in [0, 0.05) is 18.0 Å². The quantitative estimate of drug-likeness (QED) is 0.332. The minimum Gasteiger partial charge on any atom is -0.301 e. The molecule has 0 aliphatic carbocycles. The van der Waals surface area contributed by atoms with Gasteiger partial charge < -0.3 is 5.32 Å². The number of fused-ring (bicyclic) bond motifs is 1. The third kappa shape index (κ3) is 4.52. The lowest BCUT2D eigenvalue weighted by molar-refractivity contribution is -0.113. The number of thioether (sulfide) groups is 1. The molecule has 4 heterocycles. The van der Waals surface area contributed by atoms with Gasteiger partial charge >= 0.3 is 0 Å². The van der Waals surface area contributed by atoms with Gasteiger partial charge in [0.1, 0.15) is 15.7 Å². The minimum atomic E-state index is -0.126. The van der Waals surface area contributed by atoms with Gasteiger partial charge in [0.05, 0.1) is 26.5 Å². The van der Waals surface area contributed by atoms with Gasteiger partial charge in [-0.1, -0.05) is 35.2 Å². The van der Waals surface area contributed by atoms with Crippen LogP contribution in [-0.2, 0) is 4.79 Å². The van der Waals surface area contributed by atoms with Crippen LogP contribution in [0.4, 0.5) is 5.13 Å². The lowest BCUT2D eigenvalue weighted by atomic mass is 10.3. The van der Waals surface area contributed by atoms with E-state index in [0.717, 1.165) is 37.1 Å². The average Bonchev–Trinajstić information content (AvgIpc) is 3.41. The maximum absolute atomic E-state index is 12.3. The summed E-state index contributed by atoms with van der Waals surface area (Å²) in [4.78, 5) is 26.5. The molecule has 0 spiro atoms. The Morgan fingerprint density at radius 3 is 2.72 bits per heavy atom. The number of carbonyl (C=O) groups excluding carboxylic acids is 1. The van der Waals surface area contributed by atoms with Crippen LogP contribution in [-0.4, -0.2) is 36.8 Å². The van der Waals surface area contributed by atoms with Crippen LogP contribution in [0.25, 0.3) is 31.4 Å². The molecule has 0 aliphatic rings. The van der Waals surface area contributed by atoms with E-state index in [4.69, 9.17) is 0 Å². The van der Waals surface area contributed by atoms with Crippen molar-refractivity contribution in [3.8, 4) is 21.1 Å². The van der Waals surface area contributed by atoms with Gasteiger partial charge in [0.15, 0.2) is 5.13 Å². The molecule has 32 heavy (non-hydrogen) atoms. The summed E-state index contributed by atoms with van der Waals surface area (Å²) >= 11 is 4.36. The summed E-state index contributed by atoms with van der Waals surface area (Å²) in [6.45, 7) is 1.96. The number of benzene rings is 1. The lowest BCUT2D eigenvalue weighted by Gasteiger charge is -2.02. The van der Waals surface area contributed by atoms with Crippen LogP contribution in [0, 0.1) is 6.92 Å². The van der Waals surface area contributed by atoms with Crippen LogP contribution >= 0.6 is 34.4 Å². The summed E-state index contributed by atoms with van der Waals surface area (Å²) in [5, 5.41) is 13.7. The van der Waals surface area contributed by atoms with Gasteiger partial charge in [-0.2, -0.15) is 0 Å². The van der Waals surface area contributed by atoms with Crippen molar-refractivity contribution >= 4 is 55.7 Å². The molecule has 0 atom stereocenters. The van der Waals surface area contributed by atoms with Crippen molar-refractivity contribution in [3.05, 3.63) is 66.6 Å². The smallest absolute Gasteiger partial charge is 0.236 e. The number of thiazole rings is 2. The number of carbonyl (C=O) groups is 1. The van der Waals surface area contributed by atoms with Crippen molar-refractivity contribution in [2.75, 3.05) is 11.1 Å². The maximum atomic E-state index is 12.3. The highest BCUT2D eigenvalue weighted by molar-refractivity contribution is 7.99. The Morgan fingerprint density at radius 1 is 1.03 bits per heavy atom. The van der Waals surface area contributed by atoms with Crippen molar-refractivity contribution < 1.29 is 4.79 Å². The van der Waals surface area contributed by atoms with E-state index in [1.165, 1.54) is 23.1 Å². The molecule has 0 saturated carbocycles. The molecule has 0 aliphatic heterocycles. The molecule has 5 aromatic rings. The number of hydrogen-bond donors (Lipinski definition) is 1. The molecule has 5 rings (SSSR count). The van der Waals surface area contributed by atoms with Crippen molar-refractivity contribution in [2.24, 2.45) is 0 Å². The molecule has 1 amide bonds. The molecule has 0 fully saturated rings. The van der Waals surface area contributed by atoms with Gasteiger partial charge in [-0.15, -0.1) is 21.5 Å². The van der Waals surface area contributed by atoms with Gasteiger partial charge in [-0.25, -0.2) is 9.97 Å². The number of anilines is 1. The van der Waals surface area contributed by atoms with E-state index in [1.54, 1.807) is 23.7 Å². The summed E-state index contributed by atoms with van der Waals surface area (Å²) in [6, 6.07) is 15.5. The van der Waals surface area contributed by atoms with E-state index in [-0.39, 0.29) is 11.7 Å². The number of para-hydroxylation sites is 1. The molecule has 1 aromatic carbocycles. The highest BCUT2D eigenvalue weighted by atomic mass is 32.2. The van der Waals surface area contributed by atoms with Crippen LogP contribution in [0.5, 0.6) is 0 Å². The number of nitrogens with one attached hydrogen (secondary N) is 1. The summed E-state index contributed by atoms with van der Waals surface area (Å²) in [6.07, 6.45) is 3.54. The number of aromatic nitrogens is 5. The lowest BCUT2D eigenvalue weighted by Crippen LogP contribution is -2.13. The Kier molecular flexibility index (Phi) is 5.89. The highest BCUT2D eigenvalue weighted by Crippen LogP contribution is 2.34. The second-order valence-electron chi connectivity index (χ2n) is 6.76. The van der Waals surface area contributed by atoms with Crippen LogP contribution in [0.15, 0.2) is 66.0 Å². The fourth-order valence-corrected chi connectivity index (χ4v) is 5.50. The molecule has 158 valence electrons. The molecule has 7 nitrogen and oxygen atoms in total. The zero-order valence-corrected chi connectivity index (χ0v) is 19.3. The third-order valence-electron chi connectivity index (χ3n) is 4.47. The van der Waals surface area contributed by atoms with Crippen LogP contribution in [0.3, 0.4) is 0 Å². The normalized spacial score (nSPS) is 11.0. The van der Waals surface area contributed by atoms with Crippen molar-refractivity contribution in [1.82, 2.24) is 25.1 Å². The van der Waals surface area contributed by atoms with Crippen LogP contribution in [0.2, 0.25) is 0 Å². The maximum Gasteiger partial charge on any atom is 0.236 e. The highest BCUT2D eigenvalue weighted by Gasteiger charge is 2.14. The number of rotatable bonds is 6. The van der Waals surface area contributed by atoms with Crippen molar-refractivity contribution in [3.63, 3.8) is 0 Å². The van der Waals surface area contributed by atoms with Gasteiger partial charge in [-0.05, 0) is 43.3 Å². The third-order valence-corrected chi connectivity index (χ3v) is 7.57. The molecule has 0 saturated heterocycles. The molecular formula is C22H16N6OS3. The Bertz CT molecular complexity index is 1350. The molecule has 1 N–H and O–H groups in total. The van der Waals surface area contributed by atoms with E-state index < -0.39 is 0 Å². The van der Waals surface area contributed by atoms with E-state index in [0.29, 0.717) is 10.2 Å². The Morgan fingerprint density at radius 2 is 1.94 bits per heavy atom. The minimum absolute atomic E-state index is 0.126. The number of aryl methyl sites for hydroxylation is 1. The monoisotopic (exact) mass is 476 g/mol. The first-order valence-corrected chi connectivity index (χ1v) is 12.3. The molecule has 0 bridgehead atoms. The first-order chi connectivity index (χ1) is 15.7. The molecular weight excluding hydrogens is 460 g/mol. The van der Waals surface area contributed by atoms with E-state index >= 15 is 0 Å². The number of nitrogens with zero attached hydrogens (tertiary/aromatic N) is 5. The number of amides is 1. The molecule has 4 aromatic heterocycles. The fourth-order valence-electron chi connectivity index (χ4n) is 2.99. The first kappa shape index (κ1) is 20.7. The number of hydrogen-bond acceptors (Lipinski definition) is 9. The summed E-state index contributed by atoms with van der Waals surface area (Å²) in [5.41, 5.74) is 3.52. The van der Waals surface area contributed by atoms with Crippen LogP contribution in [0.1, 0.15) is 5.69 Å². The van der Waals surface area contributed by atoms with Gasteiger partial charge in [0.2, 0.25) is 5.91 Å². The first-order valence-electron chi connectivity index (χ1n) is 9.66. The zero-order chi connectivity index (χ0) is 21.9. The second kappa shape index (κ2) is 9.11. The largest absolute Gasteiger partial charge is 0.301 e. The van der Waals surface area contributed by atoms with E-state index in [1.807, 2.05) is 55.5 Å². The summed E-state index contributed by atoms with van der Waals surface area (Å²) < 4.78 is 1.04. The van der Waals surface area contributed by atoms with Crippen molar-refractivity contribution in [1.29, 1.82) is 0 Å². The summed E-state index contributed by atoms with van der Waals surface area (Å²) in [7, 11) is 0. The Balaban J connectivity index is 1.22. The van der Waals surface area contributed by atoms with Crippen molar-refractivity contribution in [2.45, 2.75) is 11.9 Å². The van der Waals surface area contributed by atoms with E-state index in [2.05, 4.69) is 30.5 Å². The molecule has 0 unspecified atom stereocenters.